The topological polar surface area (TPSA) is 172 Å². The molecule has 0 fully saturated rings. The van der Waals surface area contributed by atoms with Gasteiger partial charge in [-0.2, -0.15) is 0 Å². The van der Waals surface area contributed by atoms with Crippen molar-refractivity contribution in [2.75, 3.05) is 25.0 Å². The smallest absolute Gasteiger partial charge is 0.305 e. The van der Waals surface area contributed by atoms with E-state index in [2.05, 4.69) is 26.3 Å². The summed E-state index contributed by atoms with van der Waals surface area (Å²) >= 11 is 0. The minimum Gasteiger partial charge on any atom is -0.508 e. The molecule has 1 aliphatic heterocycles. The molecule has 0 saturated carbocycles. The van der Waals surface area contributed by atoms with Crippen molar-refractivity contribution in [2.45, 2.75) is 18.6 Å². The summed E-state index contributed by atoms with van der Waals surface area (Å²) < 4.78 is 0. The number of carbonyl (C=O) groups excluding carboxylic acids is 2. The Kier molecular flexibility index (Phi) is 7.82. The van der Waals surface area contributed by atoms with E-state index in [1.54, 1.807) is 36.4 Å². The second-order valence-electron chi connectivity index (χ2n) is 7.39. The highest BCUT2D eigenvalue weighted by molar-refractivity contribution is 5.99. The average Bonchev–Trinajstić information content (AvgIpc) is 2.79. The quantitative estimate of drug-likeness (QED) is 0.295. The third-order valence-electron chi connectivity index (χ3n) is 4.79. The normalized spacial score (nSPS) is 16.0. The predicted molar refractivity (Wildman–Crippen MR) is 120 cm³/mol. The van der Waals surface area contributed by atoms with Crippen molar-refractivity contribution in [1.29, 1.82) is 0 Å². The van der Waals surface area contributed by atoms with Crippen LogP contribution in [0.25, 0.3) is 0 Å². The molecule has 0 saturated heterocycles. The van der Waals surface area contributed by atoms with Gasteiger partial charge in [-0.3, -0.25) is 19.4 Å². The van der Waals surface area contributed by atoms with Crippen molar-refractivity contribution in [1.82, 2.24) is 16.0 Å². The maximum absolute atomic E-state index is 12.5. The third-order valence-corrected chi connectivity index (χ3v) is 4.79. The van der Waals surface area contributed by atoms with Crippen LogP contribution in [0.15, 0.2) is 53.5 Å². The molecule has 0 aromatic heterocycles. The SMILES string of the molecule is O=C(O)CC(NC(=O)CNC(=O)c1cccc(NC2=NCC(O)CN2)c1)c1ccccc1O. The van der Waals surface area contributed by atoms with E-state index in [4.69, 9.17) is 5.11 Å². The molecule has 0 bridgehead atoms. The van der Waals surface area contributed by atoms with Gasteiger partial charge in [-0.05, 0) is 24.3 Å². The first-order chi connectivity index (χ1) is 15.8. The fraction of sp³-hybridized carbons (Fsp3) is 0.273. The lowest BCUT2D eigenvalue weighted by atomic mass is 10.0. The number of anilines is 1. The number of carbonyl (C=O) groups is 3. The molecule has 7 N–H and O–H groups in total. The monoisotopic (exact) mass is 455 g/mol. The van der Waals surface area contributed by atoms with Crippen LogP contribution in [0, 0.1) is 0 Å². The van der Waals surface area contributed by atoms with Crippen LogP contribution in [0.5, 0.6) is 5.75 Å². The first-order valence-electron chi connectivity index (χ1n) is 10.2. The van der Waals surface area contributed by atoms with Crippen molar-refractivity contribution in [3.63, 3.8) is 0 Å². The van der Waals surface area contributed by atoms with Crippen LogP contribution in [-0.4, -0.2) is 64.8 Å². The highest BCUT2D eigenvalue weighted by atomic mass is 16.4. The maximum atomic E-state index is 12.5. The molecule has 174 valence electrons. The summed E-state index contributed by atoms with van der Waals surface area (Å²) in [5.41, 5.74) is 1.16. The number of aliphatic imine (C=N–C) groups is 1. The third kappa shape index (κ3) is 6.94. The van der Waals surface area contributed by atoms with Crippen molar-refractivity contribution in [2.24, 2.45) is 4.99 Å². The number of para-hydroxylation sites is 1. The molecule has 2 aromatic carbocycles. The Morgan fingerprint density at radius 1 is 1.15 bits per heavy atom. The molecule has 0 spiro atoms. The number of nitrogens with one attached hydrogen (secondary N) is 4. The number of aliphatic hydroxyl groups excluding tert-OH is 1. The number of phenols is 1. The highest BCUT2D eigenvalue weighted by Gasteiger charge is 2.21. The fourth-order valence-electron chi connectivity index (χ4n) is 3.19. The Bertz CT molecular complexity index is 1060. The lowest BCUT2D eigenvalue weighted by molar-refractivity contribution is -0.137. The number of aliphatic hydroxyl groups is 1. The van der Waals surface area contributed by atoms with E-state index in [1.807, 2.05) is 0 Å². The highest BCUT2D eigenvalue weighted by Crippen LogP contribution is 2.26. The molecule has 2 unspecified atom stereocenters. The van der Waals surface area contributed by atoms with Gasteiger partial charge in [0.25, 0.3) is 5.91 Å². The number of aromatic hydroxyl groups is 1. The van der Waals surface area contributed by atoms with Crippen LogP contribution in [0.3, 0.4) is 0 Å². The van der Waals surface area contributed by atoms with Crippen molar-refractivity contribution >= 4 is 29.4 Å². The summed E-state index contributed by atoms with van der Waals surface area (Å²) in [5, 5.41) is 39.6. The molecule has 1 aliphatic rings. The van der Waals surface area contributed by atoms with Crippen molar-refractivity contribution in [3.8, 4) is 5.75 Å². The number of carboxylic acids is 1. The van der Waals surface area contributed by atoms with Crippen molar-refractivity contribution < 1.29 is 29.7 Å². The Balaban J connectivity index is 1.57. The molecular formula is C22H25N5O6. The predicted octanol–water partition coefficient (Wildman–Crippen LogP) is 0.186. The van der Waals surface area contributed by atoms with E-state index in [9.17, 15) is 24.6 Å². The van der Waals surface area contributed by atoms with E-state index in [1.165, 1.54) is 12.1 Å². The molecule has 2 atom stereocenters. The zero-order chi connectivity index (χ0) is 23.8. The summed E-state index contributed by atoms with van der Waals surface area (Å²) in [4.78, 5) is 40.2. The zero-order valence-corrected chi connectivity index (χ0v) is 17.6. The molecule has 0 aliphatic carbocycles. The molecule has 3 rings (SSSR count). The molecule has 2 amide bonds. The summed E-state index contributed by atoms with van der Waals surface area (Å²) in [6.45, 7) is 0.255. The molecule has 11 nitrogen and oxygen atoms in total. The number of amides is 2. The second kappa shape index (κ2) is 11.0. The standard InChI is InChI=1S/C22H25N5O6/c28-15-10-24-22(25-11-15)26-14-5-3-4-13(8-14)21(33)23-12-19(30)27-17(9-20(31)32)16-6-1-2-7-18(16)29/h1-8,15,17,28-29H,9-12H2,(H,23,33)(H,27,30)(H,31,32)(H2,24,25,26). The molecule has 0 radical (unpaired) electrons. The van der Waals surface area contributed by atoms with E-state index in [0.717, 1.165) is 0 Å². The number of β-amino-alcohol motifs (C(OH)–C–C–N with tert-alkyl or cyclic N) is 1. The number of aliphatic carboxylic acids is 1. The van der Waals surface area contributed by atoms with Crippen LogP contribution >= 0.6 is 0 Å². The Hall–Kier alpha value is -4.12. The number of guanidine groups is 1. The Morgan fingerprint density at radius 2 is 1.94 bits per heavy atom. The van der Waals surface area contributed by atoms with Gasteiger partial charge in [0.15, 0.2) is 5.96 Å². The van der Waals surface area contributed by atoms with Gasteiger partial charge in [-0.25, -0.2) is 0 Å². The van der Waals surface area contributed by atoms with Gasteiger partial charge in [0.1, 0.15) is 5.75 Å². The first-order valence-corrected chi connectivity index (χ1v) is 10.2. The lowest BCUT2D eigenvalue weighted by Crippen LogP contribution is -2.42. The minimum absolute atomic E-state index is 0.135. The van der Waals surface area contributed by atoms with Gasteiger partial charge < -0.3 is 36.6 Å². The number of carboxylic acid groups (broad SMARTS) is 1. The number of phenolic OH excluding ortho intramolecular Hbond substituents is 1. The molecule has 33 heavy (non-hydrogen) atoms. The van der Waals surface area contributed by atoms with Crippen LogP contribution < -0.4 is 21.3 Å². The van der Waals surface area contributed by atoms with Gasteiger partial charge >= 0.3 is 5.97 Å². The van der Waals surface area contributed by atoms with Gasteiger partial charge in [0.05, 0.1) is 31.7 Å². The molecule has 2 aromatic rings. The number of benzene rings is 2. The average molecular weight is 455 g/mol. The molecular weight excluding hydrogens is 430 g/mol. The number of rotatable bonds is 8. The zero-order valence-electron chi connectivity index (χ0n) is 17.6. The fourth-order valence-corrected chi connectivity index (χ4v) is 3.19. The van der Waals surface area contributed by atoms with E-state index in [0.29, 0.717) is 23.8 Å². The minimum atomic E-state index is -1.15. The lowest BCUT2D eigenvalue weighted by Gasteiger charge is -2.20. The van der Waals surface area contributed by atoms with Gasteiger partial charge in [-0.1, -0.05) is 24.3 Å². The van der Waals surface area contributed by atoms with Crippen LogP contribution in [0.1, 0.15) is 28.4 Å². The van der Waals surface area contributed by atoms with Crippen LogP contribution in [0.2, 0.25) is 0 Å². The van der Waals surface area contributed by atoms with E-state index < -0.39 is 36.4 Å². The van der Waals surface area contributed by atoms with Gasteiger partial charge in [0.2, 0.25) is 5.91 Å². The Morgan fingerprint density at radius 3 is 2.64 bits per heavy atom. The number of hydrogen-bond acceptors (Lipinski definition) is 8. The number of nitrogens with zero attached hydrogens (tertiary/aromatic N) is 1. The summed E-state index contributed by atoms with van der Waals surface area (Å²) in [6.07, 6.45) is -0.973. The summed E-state index contributed by atoms with van der Waals surface area (Å²) in [7, 11) is 0. The summed E-state index contributed by atoms with van der Waals surface area (Å²) in [5.74, 6) is -1.91. The second-order valence-corrected chi connectivity index (χ2v) is 7.39. The maximum Gasteiger partial charge on any atom is 0.305 e. The van der Waals surface area contributed by atoms with E-state index in [-0.39, 0.29) is 24.4 Å². The first kappa shape index (κ1) is 23.5. The van der Waals surface area contributed by atoms with Gasteiger partial charge in [0, 0.05) is 23.4 Å². The van der Waals surface area contributed by atoms with Crippen molar-refractivity contribution in [3.05, 3.63) is 59.7 Å². The van der Waals surface area contributed by atoms with Crippen LogP contribution in [0.4, 0.5) is 5.69 Å². The van der Waals surface area contributed by atoms with Crippen LogP contribution in [-0.2, 0) is 9.59 Å². The molecule has 11 heteroatoms. The largest absolute Gasteiger partial charge is 0.508 e. The van der Waals surface area contributed by atoms with E-state index >= 15 is 0 Å². The van der Waals surface area contributed by atoms with Gasteiger partial charge in [-0.15, -0.1) is 0 Å². The molecule has 1 heterocycles. The number of hydrogen-bond donors (Lipinski definition) is 7. The summed E-state index contributed by atoms with van der Waals surface area (Å²) in [6, 6.07) is 11.7. The Labute approximate surface area is 189 Å².